The van der Waals surface area contributed by atoms with E-state index in [1.165, 1.54) is 7.11 Å². The SMILES string of the molecule is CO/N=C/C1=CC(C2C=CC(O)C3C(=O)C4C(O)[C@]5(O)C(=O)C(C(C)=O)=C(O)C[C@@H]5C[C@@H]4CC23)CCC1OC. The normalized spacial score (nSPS) is 44.0. The fourth-order valence-corrected chi connectivity index (χ4v) is 8.14. The van der Waals surface area contributed by atoms with Crippen LogP contribution in [0.25, 0.3) is 0 Å². The number of allylic oxidation sites excluding steroid dienone is 3. The molecule has 0 heterocycles. The first-order valence-electron chi connectivity index (χ1n) is 13.6. The number of aliphatic hydroxyl groups is 4. The lowest BCUT2D eigenvalue weighted by Gasteiger charge is -2.56. The van der Waals surface area contributed by atoms with Gasteiger partial charge in [0.1, 0.15) is 30.3 Å². The average molecular weight is 544 g/mol. The molecule has 10 heteroatoms. The van der Waals surface area contributed by atoms with Crippen molar-refractivity contribution in [3.05, 3.63) is 35.1 Å². The van der Waals surface area contributed by atoms with Crippen LogP contribution in [0.4, 0.5) is 0 Å². The Bertz CT molecular complexity index is 1170. The lowest BCUT2D eigenvalue weighted by molar-refractivity contribution is -0.199. The molecule has 5 rings (SSSR count). The number of ether oxygens (including phenoxy) is 1. The topological polar surface area (TPSA) is 163 Å². The predicted molar refractivity (Wildman–Crippen MR) is 138 cm³/mol. The van der Waals surface area contributed by atoms with Crippen LogP contribution in [0.2, 0.25) is 0 Å². The number of Topliss-reactive ketones (excluding diaryl/α,β-unsaturated/α-hetero) is 3. The highest BCUT2D eigenvalue weighted by atomic mass is 16.6. The molecule has 4 N–H and O–H groups in total. The van der Waals surface area contributed by atoms with Crippen LogP contribution in [-0.4, -0.2) is 82.1 Å². The minimum Gasteiger partial charge on any atom is -0.511 e. The zero-order chi connectivity index (χ0) is 28.2. The Labute approximate surface area is 227 Å². The smallest absolute Gasteiger partial charge is 0.204 e. The van der Waals surface area contributed by atoms with E-state index in [2.05, 4.69) is 11.2 Å². The van der Waals surface area contributed by atoms with Crippen LogP contribution in [0.1, 0.15) is 39.0 Å². The third kappa shape index (κ3) is 4.32. The summed E-state index contributed by atoms with van der Waals surface area (Å²) < 4.78 is 5.61. The number of hydrogen-bond acceptors (Lipinski definition) is 10. The predicted octanol–water partition coefficient (Wildman–Crippen LogP) is 1.44. The van der Waals surface area contributed by atoms with Gasteiger partial charge in [-0.2, -0.15) is 0 Å². The molecule has 0 aromatic rings. The molecule has 0 saturated heterocycles. The summed E-state index contributed by atoms with van der Waals surface area (Å²) in [5, 5.41) is 48.2. The number of methoxy groups -OCH3 is 1. The van der Waals surface area contributed by atoms with Crippen LogP contribution < -0.4 is 0 Å². The lowest BCUT2D eigenvalue weighted by atomic mass is 9.49. The number of nitrogens with zero attached hydrogens (tertiary/aromatic N) is 1. The molecule has 8 unspecified atom stereocenters. The monoisotopic (exact) mass is 543 g/mol. The summed E-state index contributed by atoms with van der Waals surface area (Å²) in [5.41, 5.74) is -1.98. The van der Waals surface area contributed by atoms with Gasteiger partial charge >= 0.3 is 0 Å². The van der Waals surface area contributed by atoms with Crippen LogP contribution in [0.15, 0.2) is 40.3 Å². The Morgan fingerprint density at radius 3 is 2.54 bits per heavy atom. The third-order valence-electron chi connectivity index (χ3n) is 9.89. The van der Waals surface area contributed by atoms with Crippen molar-refractivity contribution in [2.24, 2.45) is 46.6 Å². The van der Waals surface area contributed by atoms with Gasteiger partial charge < -0.3 is 30.0 Å². The van der Waals surface area contributed by atoms with E-state index in [4.69, 9.17) is 9.57 Å². The number of carbonyl (C=O) groups excluding carboxylic acids is 3. The quantitative estimate of drug-likeness (QED) is 0.174. The first-order valence-corrected chi connectivity index (χ1v) is 13.6. The molecule has 11 atom stereocenters. The first kappa shape index (κ1) is 27.9. The van der Waals surface area contributed by atoms with Crippen molar-refractivity contribution < 1.29 is 44.4 Å². The summed E-state index contributed by atoms with van der Waals surface area (Å²) in [6.45, 7) is 1.12. The van der Waals surface area contributed by atoms with Crippen molar-refractivity contribution in [3.63, 3.8) is 0 Å². The molecular weight excluding hydrogens is 506 g/mol. The molecule has 2 saturated carbocycles. The van der Waals surface area contributed by atoms with Gasteiger partial charge in [0.15, 0.2) is 11.4 Å². The standard InChI is InChI=1S/C29H37NO9/c1-13(31)23-21(33)11-17-9-15-10-19-18(14-4-7-22(38-2)16(8-14)12-30-39-3)5-6-20(32)25(19)26(34)24(15)28(36)29(17,37)27(23)35/h5-6,8,12,14-15,17-20,22,24-25,28,32-33,36-37H,4,7,9-11H2,1-3H3/b30-12+/t14?,15-,17+,18?,19?,20?,22?,24?,25?,28?,29-/m1/s1. The average Bonchev–Trinajstić information content (AvgIpc) is 2.89. The van der Waals surface area contributed by atoms with Gasteiger partial charge in [0.05, 0.1) is 30.3 Å². The van der Waals surface area contributed by atoms with Crippen molar-refractivity contribution in [2.45, 2.75) is 62.9 Å². The maximum Gasteiger partial charge on any atom is 0.204 e. The Balaban J connectivity index is 1.48. The molecule has 0 radical (unpaired) electrons. The van der Waals surface area contributed by atoms with Crippen molar-refractivity contribution in [1.82, 2.24) is 0 Å². The Morgan fingerprint density at radius 2 is 1.87 bits per heavy atom. The fourth-order valence-electron chi connectivity index (χ4n) is 8.14. The maximum atomic E-state index is 14.0. The second-order valence-corrected chi connectivity index (χ2v) is 11.7. The van der Waals surface area contributed by atoms with Crippen molar-refractivity contribution in [3.8, 4) is 0 Å². The lowest BCUT2D eigenvalue weighted by Crippen LogP contribution is -2.68. The van der Waals surface area contributed by atoms with Crippen molar-refractivity contribution in [1.29, 1.82) is 0 Å². The van der Waals surface area contributed by atoms with Gasteiger partial charge in [-0.1, -0.05) is 23.4 Å². The van der Waals surface area contributed by atoms with E-state index >= 15 is 0 Å². The molecule has 0 bridgehead atoms. The second-order valence-electron chi connectivity index (χ2n) is 11.7. The van der Waals surface area contributed by atoms with Gasteiger partial charge in [0.2, 0.25) is 5.78 Å². The van der Waals surface area contributed by atoms with E-state index in [1.807, 2.05) is 6.08 Å². The van der Waals surface area contributed by atoms with E-state index in [-0.39, 0.29) is 54.2 Å². The molecule has 0 amide bonds. The molecule has 5 aliphatic carbocycles. The van der Waals surface area contributed by atoms with Gasteiger partial charge in [-0.25, -0.2) is 0 Å². The Kier molecular flexibility index (Phi) is 7.43. The summed E-state index contributed by atoms with van der Waals surface area (Å²) in [6.07, 6.45) is 6.62. The number of aliphatic hydroxyl groups excluding tert-OH is 3. The molecule has 0 aromatic carbocycles. The Hall–Kier alpha value is -2.66. The van der Waals surface area contributed by atoms with Crippen LogP contribution in [0.3, 0.4) is 0 Å². The molecule has 10 nitrogen and oxygen atoms in total. The largest absolute Gasteiger partial charge is 0.511 e. The number of fused-ring (bicyclic) bond motifs is 3. The van der Waals surface area contributed by atoms with Crippen LogP contribution in [-0.2, 0) is 24.0 Å². The molecule has 5 aliphatic rings. The van der Waals surface area contributed by atoms with Gasteiger partial charge in [-0.05, 0) is 61.9 Å². The molecule has 0 aromatic heterocycles. The zero-order valence-corrected chi connectivity index (χ0v) is 22.4. The highest BCUT2D eigenvalue weighted by Gasteiger charge is 2.65. The molecule has 2 fully saturated rings. The summed E-state index contributed by atoms with van der Waals surface area (Å²) >= 11 is 0. The zero-order valence-electron chi connectivity index (χ0n) is 22.4. The number of rotatable bonds is 5. The summed E-state index contributed by atoms with van der Waals surface area (Å²) in [4.78, 5) is 44.1. The van der Waals surface area contributed by atoms with Crippen LogP contribution in [0, 0.1) is 41.4 Å². The van der Waals surface area contributed by atoms with Gasteiger partial charge in [0, 0.05) is 19.4 Å². The molecule has 0 spiro atoms. The van der Waals surface area contributed by atoms with E-state index in [1.54, 1.807) is 19.4 Å². The number of carbonyl (C=O) groups is 3. The minimum absolute atomic E-state index is 0.0575. The van der Waals surface area contributed by atoms with Crippen LogP contribution >= 0.6 is 0 Å². The molecular formula is C29H37NO9. The third-order valence-corrected chi connectivity index (χ3v) is 9.89. The summed E-state index contributed by atoms with van der Waals surface area (Å²) in [5.74, 6) is -5.74. The molecule has 212 valence electrons. The van der Waals surface area contributed by atoms with E-state index in [9.17, 15) is 34.8 Å². The summed E-state index contributed by atoms with van der Waals surface area (Å²) in [7, 11) is 3.11. The molecule has 39 heavy (non-hydrogen) atoms. The Morgan fingerprint density at radius 1 is 1.13 bits per heavy atom. The summed E-state index contributed by atoms with van der Waals surface area (Å²) in [6, 6.07) is 0. The van der Waals surface area contributed by atoms with Gasteiger partial charge in [0.25, 0.3) is 0 Å². The minimum atomic E-state index is -2.34. The van der Waals surface area contributed by atoms with E-state index < -0.39 is 52.7 Å². The van der Waals surface area contributed by atoms with E-state index in [0.717, 1.165) is 25.3 Å². The van der Waals surface area contributed by atoms with Gasteiger partial charge in [-0.15, -0.1) is 0 Å². The first-order chi connectivity index (χ1) is 18.5. The van der Waals surface area contributed by atoms with Crippen molar-refractivity contribution in [2.75, 3.05) is 14.2 Å². The number of ketones is 3. The fraction of sp³-hybridized carbons (Fsp3) is 0.655. The molecule has 0 aliphatic heterocycles. The van der Waals surface area contributed by atoms with Crippen LogP contribution in [0.5, 0.6) is 0 Å². The van der Waals surface area contributed by atoms with Gasteiger partial charge in [-0.3, -0.25) is 14.4 Å². The van der Waals surface area contributed by atoms with E-state index in [0.29, 0.717) is 6.42 Å². The van der Waals surface area contributed by atoms with Crippen molar-refractivity contribution >= 4 is 23.6 Å². The maximum absolute atomic E-state index is 14.0. The highest BCUT2D eigenvalue weighted by molar-refractivity contribution is 6.23. The number of hydrogen-bond donors (Lipinski definition) is 4. The second kappa shape index (κ2) is 10.4. The highest BCUT2D eigenvalue weighted by Crippen LogP contribution is 2.56. The number of oxime groups is 1.